The van der Waals surface area contributed by atoms with Gasteiger partial charge in [-0.1, -0.05) is 212 Å². The van der Waals surface area contributed by atoms with Crippen molar-refractivity contribution in [3.8, 4) is 66.8 Å². The molecule has 0 amide bonds. The SMILES string of the molecule is c1ccc(-c2ccccc2-c2ccccc2N(c2ccccc2-c2cccc3c2[nH]c2ccccc23)c2c3c(cc(-c4ccccc4)c2-c2ccccc2)-c2ccccc2C3)cc1. The lowest BCUT2D eigenvalue weighted by molar-refractivity contribution is 1.20. The van der Waals surface area contributed by atoms with Gasteiger partial charge in [0.15, 0.2) is 0 Å². The number of para-hydroxylation sites is 4. The fraction of sp³-hybridized carbons (Fsp3) is 0.0164. The third-order valence-corrected chi connectivity index (χ3v) is 12.9. The number of nitrogens with zero attached hydrogens (tertiary/aromatic N) is 1. The smallest absolute Gasteiger partial charge is 0.0588 e. The maximum atomic E-state index is 3.86. The van der Waals surface area contributed by atoms with Crippen LogP contribution in [-0.2, 0) is 6.42 Å². The zero-order chi connectivity index (χ0) is 41.7. The Kier molecular flexibility index (Phi) is 8.93. The van der Waals surface area contributed by atoms with Crippen LogP contribution in [0.3, 0.4) is 0 Å². The van der Waals surface area contributed by atoms with Crippen LogP contribution in [0.15, 0.2) is 237 Å². The Bertz CT molecular complexity index is 3470. The zero-order valence-corrected chi connectivity index (χ0v) is 34.7. The van der Waals surface area contributed by atoms with Crippen LogP contribution < -0.4 is 4.90 Å². The number of aromatic nitrogens is 1. The lowest BCUT2D eigenvalue weighted by Gasteiger charge is -2.34. The van der Waals surface area contributed by atoms with E-state index in [2.05, 4.69) is 246 Å². The molecule has 0 unspecified atom stereocenters. The first-order chi connectivity index (χ1) is 31.3. The topological polar surface area (TPSA) is 19.0 Å². The van der Waals surface area contributed by atoms with Crippen molar-refractivity contribution in [3.05, 3.63) is 248 Å². The number of rotatable bonds is 8. The Balaban J connectivity index is 1.24. The molecule has 1 N–H and O–H groups in total. The third-order valence-electron chi connectivity index (χ3n) is 12.9. The van der Waals surface area contributed by atoms with Crippen molar-refractivity contribution >= 4 is 38.9 Å². The van der Waals surface area contributed by atoms with Gasteiger partial charge < -0.3 is 9.88 Å². The fourth-order valence-electron chi connectivity index (χ4n) is 10.1. The summed E-state index contributed by atoms with van der Waals surface area (Å²) < 4.78 is 0. The summed E-state index contributed by atoms with van der Waals surface area (Å²) >= 11 is 0. The molecule has 11 aromatic rings. The van der Waals surface area contributed by atoms with E-state index in [9.17, 15) is 0 Å². The summed E-state index contributed by atoms with van der Waals surface area (Å²) in [4.78, 5) is 6.47. The van der Waals surface area contributed by atoms with E-state index >= 15 is 0 Å². The summed E-state index contributed by atoms with van der Waals surface area (Å²) in [5.74, 6) is 0. The molecule has 10 aromatic carbocycles. The van der Waals surface area contributed by atoms with Crippen LogP contribution in [0.5, 0.6) is 0 Å². The van der Waals surface area contributed by atoms with Gasteiger partial charge >= 0.3 is 0 Å². The van der Waals surface area contributed by atoms with Gasteiger partial charge in [-0.2, -0.15) is 0 Å². The number of H-pyrrole nitrogens is 1. The Morgan fingerprint density at radius 3 is 1.52 bits per heavy atom. The first kappa shape index (κ1) is 36.6. The lowest BCUT2D eigenvalue weighted by atomic mass is 9.86. The standard InChI is InChI=1S/C61H42N2/c1-4-21-41(22-5-1)45-28-12-13-30-47(45)49-32-15-18-37-57(49)63(58-38-19-16-33-50(58)52-35-20-34-51-48-31-14-17-36-56(48)62-60(51)52)61-55-39-44-27-10-11-29-46(44)54(55)40-53(42-23-6-2-7-24-42)59(61)43-25-8-3-9-26-43/h1-38,40,62H,39H2. The van der Waals surface area contributed by atoms with Gasteiger partial charge in [0.05, 0.1) is 22.6 Å². The van der Waals surface area contributed by atoms with Crippen LogP contribution in [0.2, 0.25) is 0 Å². The van der Waals surface area contributed by atoms with Crippen molar-refractivity contribution in [1.82, 2.24) is 4.98 Å². The molecular weight excluding hydrogens is 761 g/mol. The number of aromatic amines is 1. The second kappa shape index (κ2) is 15.4. The largest absolute Gasteiger partial charge is 0.354 e. The summed E-state index contributed by atoms with van der Waals surface area (Å²) in [6.45, 7) is 0. The van der Waals surface area contributed by atoms with E-state index in [0.717, 1.165) is 45.5 Å². The Morgan fingerprint density at radius 2 is 0.825 bits per heavy atom. The summed E-state index contributed by atoms with van der Waals surface area (Å²) in [6, 6.07) is 86.6. The van der Waals surface area contributed by atoms with Crippen molar-refractivity contribution < 1.29 is 0 Å². The molecule has 0 fully saturated rings. The molecule has 63 heavy (non-hydrogen) atoms. The highest BCUT2D eigenvalue weighted by molar-refractivity contribution is 6.14. The van der Waals surface area contributed by atoms with Crippen LogP contribution in [0.1, 0.15) is 11.1 Å². The molecule has 0 spiro atoms. The first-order valence-electron chi connectivity index (χ1n) is 21.8. The van der Waals surface area contributed by atoms with Crippen molar-refractivity contribution in [3.63, 3.8) is 0 Å². The highest BCUT2D eigenvalue weighted by Crippen LogP contribution is 2.56. The predicted molar refractivity (Wildman–Crippen MR) is 266 cm³/mol. The van der Waals surface area contributed by atoms with E-state index in [4.69, 9.17) is 0 Å². The van der Waals surface area contributed by atoms with E-state index in [-0.39, 0.29) is 0 Å². The highest BCUT2D eigenvalue weighted by Gasteiger charge is 2.33. The van der Waals surface area contributed by atoms with Crippen LogP contribution in [-0.4, -0.2) is 4.98 Å². The summed E-state index contributed by atoms with van der Waals surface area (Å²) in [5.41, 5.74) is 22.7. The molecule has 1 aliphatic rings. The summed E-state index contributed by atoms with van der Waals surface area (Å²) in [5, 5.41) is 2.44. The minimum Gasteiger partial charge on any atom is -0.354 e. The van der Waals surface area contributed by atoms with Crippen molar-refractivity contribution in [2.24, 2.45) is 0 Å². The molecule has 0 saturated carbocycles. The van der Waals surface area contributed by atoms with Crippen LogP contribution in [0.4, 0.5) is 17.1 Å². The Morgan fingerprint density at radius 1 is 0.333 bits per heavy atom. The van der Waals surface area contributed by atoms with Crippen molar-refractivity contribution in [2.75, 3.05) is 4.90 Å². The summed E-state index contributed by atoms with van der Waals surface area (Å²) in [7, 11) is 0. The highest BCUT2D eigenvalue weighted by atomic mass is 15.2. The van der Waals surface area contributed by atoms with Crippen LogP contribution in [0, 0.1) is 0 Å². The fourth-order valence-corrected chi connectivity index (χ4v) is 10.1. The number of nitrogens with one attached hydrogen (secondary N) is 1. The maximum Gasteiger partial charge on any atom is 0.0588 e. The van der Waals surface area contributed by atoms with Crippen molar-refractivity contribution in [1.29, 1.82) is 0 Å². The van der Waals surface area contributed by atoms with Gasteiger partial charge in [-0.25, -0.2) is 0 Å². The quantitative estimate of drug-likeness (QED) is 0.162. The molecule has 12 rings (SSSR count). The van der Waals surface area contributed by atoms with Gasteiger partial charge in [0.25, 0.3) is 0 Å². The van der Waals surface area contributed by atoms with E-state index < -0.39 is 0 Å². The average molecular weight is 803 g/mol. The van der Waals surface area contributed by atoms with Gasteiger partial charge in [-0.15, -0.1) is 0 Å². The van der Waals surface area contributed by atoms with Gasteiger partial charge in [0.1, 0.15) is 0 Å². The number of hydrogen-bond donors (Lipinski definition) is 1. The number of anilines is 3. The zero-order valence-electron chi connectivity index (χ0n) is 34.7. The molecule has 1 aromatic heterocycles. The summed E-state index contributed by atoms with van der Waals surface area (Å²) in [6.07, 6.45) is 0.814. The molecule has 0 atom stereocenters. The van der Waals surface area contributed by atoms with Crippen molar-refractivity contribution in [2.45, 2.75) is 6.42 Å². The van der Waals surface area contributed by atoms with E-state index in [1.165, 1.54) is 77.7 Å². The average Bonchev–Trinajstić information content (AvgIpc) is 3.94. The molecule has 1 heterocycles. The molecule has 296 valence electrons. The Hall–Kier alpha value is -8.20. The third kappa shape index (κ3) is 6.18. The van der Waals surface area contributed by atoms with Crippen LogP contribution >= 0.6 is 0 Å². The molecule has 0 saturated heterocycles. The molecule has 0 aliphatic heterocycles. The normalized spacial score (nSPS) is 11.7. The van der Waals surface area contributed by atoms with Gasteiger partial charge in [0.2, 0.25) is 0 Å². The number of hydrogen-bond acceptors (Lipinski definition) is 1. The number of fused-ring (bicyclic) bond motifs is 6. The lowest BCUT2D eigenvalue weighted by Crippen LogP contribution is -2.16. The van der Waals surface area contributed by atoms with Gasteiger partial charge in [0, 0.05) is 45.0 Å². The second-order valence-corrected chi connectivity index (χ2v) is 16.4. The van der Waals surface area contributed by atoms with Crippen LogP contribution in [0.25, 0.3) is 88.6 Å². The minimum atomic E-state index is 0.814. The monoisotopic (exact) mass is 802 g/mol. The molecule has 0 bridgehead atoms. The first-order valence-corrected chi connectivity index (χ1v) is 21.8. The molecule has 0 radical (unpaired) electrons. The molecule has 2 heteroatoms. The van der Waals surface area contributed by atoms with Gasteiger partial charge in [-0.05, 0) is 79.9 Å². The molecular formula is C61H42N2. The van der Waals surface area contributed by atoms with Gasteiger partial charge in [-0.3, -0.25) is 0 Å². The molecule has 1 aliphatic carbocycles. The molecule has 2 nitrogen and oxygen atoms in total. The van der Waals surface area contributed by atoms with E-state index in [1.807, 2.05) is 0 Å². The second-order valence-electron chi connectivity index (χ2n) is 16.4. The minimum absolute atomic E-state index is 0.814. The van der Waals surface area contributed by atoms with E-state index in [1.54, 1.807) is 0 Å². The number of benzene rings is 10. The maximum absolute atomic E-state index is 3.86. The Labute approximate surface area is 368 Å². The predicted octanol–water partition coefficient (Wildman–Crippen LogP) is 16.7. The van der Waals surface area contributed by atoms with E-state index in [0.29, 0.717) is 0 Å².